The zero-order valence-corrected chi connectivity index (χ0v) is 11.7. The summed E-state index contributed by atoms with van der Waals surface area (Å²) in [4.78, 5) is 11.4. The van der Waals surface area contributed by atoms with Gasteiger partial charge in [-0.05, 0) is 46.3 Å². The number of ether oxygens (including phenoxy) is 1. The van der Waals surface area contributed by atoms with Crippen LogP contribution < -0.4 is 0 Å². The van der Waals surface area contributed by atoms with Gasteiger partial charge in [0.1, 0.15) is 0 Å². The van der Waals surface area contributed by atoms with Crippen molar-refractivity contribution in [3.05, 3.63) is 12.2 Å². The first-order chi connectivity index (χ1) is 7.48. The first-order valence-corrected chi connectivity index (χ1v) is 7.19. The molecule has 0 aliphatic carbocycles. The predicted octanol–water partition coefficient (Wildman–Crippen LogP) is 3.67. The minimum absolute atomic E-state index is 0.106. The Kier molecular flexibility index (Phi) is 8.44. The molecule has 0 bridgehead atoms. The summed E-state index contributed by atoms with van der Waals surface area (Å²) in [5, 5.41) is 0. The molecule has 0 fully saturated rings. The van der Waals surface area contributed by atoms with Gasteiger partial charge in [0, 0.05) is 5.75 Å². The van der Waals surface area contributed by atoms with Gasteiger partial charge < -0.3 is 4.74 Å². The normalized spacial score (nSPS) is 12.0. The Labute approximate surface area is 104 Å². The second-order valence-corrected chi connectivity index (χ2v) is 5.72. The molecule has 0 aromatic rings. The summed E-state index contributed by atoms with van der Waals surface area (Å²) in [5.41, 5.74) is -0.377. The van der Waals surface area contributed by atoms with Gasteiger partial charge in [-0.15, -0.1) is 0 Å². The van der Waals surface area contributed by atoms with Crippen molar-refractivity contribution in [2.75, 3.05) is 18.6 Å². The van der Waals surface area contributed by atoms with Crippen molar-refractivity contribution in [2.45, 2.75) is 40.0 Å². The second kappa shape index (κ2) is 8.68. The Morgan fingerprint density at radius 1 is 1.25 bits per heavy atom. The van der Waals surface area contributed by atoms with E-state index in [0.717, 1.165) is 25.0 Å². The van der Waals surface area contributed by atoms with Crippen LogP contribution in [0, 0.1) is 5.41 Å². The van der Waals surface area contributed by atoms with E-state index >= 15 is 0 Å². The van der Waals surface area contributed by atoms with Crippen LogP contribution in [0.25, 0.3) is 0 Å². The van der Waals surface area contributed by atoms with Crippen molar-refractivity contribution >= 4 is 17.7 Å². The second-order valence-electron chi connectivity index (χ2n) is 4.81. The monoisotopic (exact) mass is 244 g/mol. The maximum absolute atomic E-state index is 11.4. The minimum Gasteiger partial charge on any atom is -0.465 e. The van der Waals surface area contributed by atoms with Gasteiger partial charge in [0.05, 0.1) is 12.0 Å². The summed E-state index contributed by atoms with van der Waals surface area (Å²) in [6.45, 7) is 6.17. The van der Waals surface area contributed by atoms with Crippen LogP contribution in [0.2, 0.25) is 0 Å². The summed E-state index contributed by atoms with van der Waals surface area (Å²) in [6, 6.07) is 0. The fourth-order valence-electron chi connectivity index (χ4n) is 1.03. The quantitative estimate of drug-likeness (QED) is 0.388. The summed E-state index contributed by atoms with van der Waals surface area (Å²) in [5.74, 6) is 0.976. The van der Waals surface area contributed by atoms with Crippen molar-refractivity contribution in [3.63, 3.8) is 0 Å². The number of carbonyl (C=O) groups excluding carboxylic acids is 1. The largest absolute Gasteiger partial charge is 0.465 e. The zero-order chi connectivity index (χ0) is 12.4. The molecular formula is C13H24O2S. The van der Waals surface area contributed by atoms with E-state index in [-0.39, 0.29) is 11.4 Å². The average molecular weight is 244 g/mol. The first-order valence-electron chi connectivity index (χ1n) is 5.79. The van der Waals surface area contributed by atoms with Gasteiger partial charge in [0.25, 0.3) is 0 Å². The molecule has 0 radical (unpaired) electrons. The maximum atomic E-state index is 11.4. The molecule has 0 aliphatic rings. The maximum Gasteiger partial charge on any atom is 0.311 e. The number of thioether (sulfide) groups is 1. The zero-order valence-electron chi connectivity index (χ0n) is 10.9. The number of esters is 1. The van der Waals surface area contributed by atoms with E-state index in [2.05, 4.69) is 18.4 Å². The van der Waals surface area contributed by atoms with Crippen molar-refractivity contribution in [1.29, 1.82) is 0 Å². The number of hydrogen-bond acceptors (Lipinski definition) is 3. The number of allylic oxidation sites excluding steroid dienone is 1. The lowest BCUT2D eigenvalue weighted by Crippen LogP contribution is -2.23. The lowest BCUT2D eigenvalue weighted by Gasteiger charge is -2.16. The third kappa shape index (κ3) is 8.84. The Balaban J connectivity index is 3.37. The molecule has 16 heavy (non-hydrogen) atoms. The Morgan fingerprint density at radius 2 is 1.94 bits per heavy atom. The van der Waals surface area contributed by atoms with Gasteiger partial charge in [-0.1, -0.05) is 12.2 Å². The highest BCUT2D eigenvalue weighted by molar-refractivity contribution is 7.98. The summed E-state index contributed by atoms with van der Waals surface area (Å²) in [6.07, 6.45) is 9.59. The minimum atomic E-state index is -0.377. The van der Waals surface area contributed by atoms with Crippen LogP contribution in [0.5, 0.6) is 0 Å². The van der Waals surface area contributed by atoms with E-state index in [9.17, 15) is 4.79 Å². The van der Waals surface area contributed by atoms with Crippen LogP contribution in [0.4, 0.5) is 0 Å². The fraction of sp³-hybridized carbons (Fsp3) is 0.769. The van der Waals surface area contributed by atoms with E-state index in [1.54, 1.807) is 0 Å². The summed E-state index contributed by atoms with van der Waals surface area (Å²) in [7, 11) is 0. The third-order valence-corrected chi connectivity index (χ3v) is 2.57. The number of carbonyl (C=O) groups is 1. The molecule has 0 amide bonds. The predicted molar refractivity (Wildman–Crippen MR) is 71.8 cm³/mol. The highest BCUT2D eigenvalue weighted by Gasteiger charge is 2.22. The van der Waals surface area contributed by atoms with E-state index in [1.165, 1.54) is 0 Å². The van der Waals surface area contributed by atoms with Gasteiger partial charge in [0.2, 0.25) is 0 Å². The molecule has 0 aromatic heterocycles. The highest BCUT2D eigenvalue weighted by Crippen LogP contribution is 2.15. The molecule has 2 nitrogen and oxygen atoms in total. The van der Waals surface area contributed by atoms with E-state index < -0.39 is 0 Å². The first kappa shape index (κ1) is 15.6. The summed E-state index contributed by atoms with van der Waals surface area (Å²) < 4.78 is 5.17. The van der Waals surface area contributed by atoms with Crippen LogP contribution in [-0.2, 0) is 9.53 Å². The van der Waals surface area contributed by atoms with Gasteiger partial charge >= 0.3 is 5.97 Å². The van der Waals surface area contributed by atoms with Gasteiger partial charge in [-0.3, -0.25) is 4.79 Å². The van der Waals surface area contributed by atoms with Gasteiger partial charge in [0.15, 0.2) is 0 Å². The lowest BCUT2D eigenvalue weighted by atomic mass is 9.97. The molecule has 94 valence electrons. The van der Waals surface area contributed by atoms with Gasteiger partial charge in [-0.2, -0.15) is 11.8 Å². The number of rotatable bonds is 7. The SMILES string of the molecule is CSC/C=C\CCCCOC(=O)C(C)(C)C. The molecule has 0 rings (SSSR count). The smallest absolute Gasteiger partial charge is 0.311 e. The molecule has 0 aromatic carbocycles. The molecule has 3 heteroatoms. The van der Waals surface area contributed by atoms with E-state index in [1.807, 2.05) is 32.5 Å². The molecule has 0 saturated heterocycles. The molecule has 0 atom stereocenters. The van der Waals surface area contributed by atoms with Gasteiger partial charge in [-0.25, -0.2) is 0 Å². The lowest BCUT2D eigenvalue weighted by molar-refractivity contribution is -0.153. The van der Waals surface area contributed by atoms with Crippen LogP contribution in [0.15, 0.2) is 12.2 Å². The molecule has 0 spiro atoms. The van der Waals surface area contributed by atoms with E-state index in [4.69, 9.17) is 4.74 Å². The molecule has 0 saturated carbocycles. The number of unbranched alkanes of at least 4 members (excludes halogenated alkanes) is 2. The van der Waals surface area contributed by atoms with Crippen LogP contribution in [0.1, 0.15) is 40.0 Å². The number of hydrogen-bond donors (Lipinski definition) is 0. The van der Waals surface area contributed by atoms with Crippen LogP contribution in [-0.4, -0.2) is 24.6 Å². The summed E-state index contributed by atoms with van der Waals surface area (Å²) >= 11 is 1.82. The molecular weight excluding hydrogens is 220 g/mol. The molecule has 0 N–H and O–H groups in total. The van der Waals surface area contributed by atoms with Crippen LogP contribution in [0.3, 0.4) is 0 Å². The van der Waals surface area contributed by atoms with Crippen molar-refractivity contribution in [3.8, 4) is 0 Å². The van der Waals surface area contributed by atoms with E-state index in [0.29, 0.717) is 6.61 Å². The van der Waals surface area contributed by atoms with Crippen molar-refractivity contribution < 1.29 is 9.53 Å². The Bertz CT molecular complexity index is 216. The van der Waals surface area contributed by atoms with Crippen molar-refractivity contribution in [2.24, 2.45) is 5.41 Å². The molecule has 0 heterocycles. The topological polar surface area (TPSA) is 26.3 Å². The highest BCUT2D eigenvalue weighted by atomic mass is 32.2. The average Bonchev–Trinajstić information content (AvgIpc) is 2.20. The Hall–Kier alpha value is -0.440. The third-order valence-electron chi connectivity index (χ3n) is 2.04. The molecule has 0 unspecified atom stereocenters. The fourth-order valence-corrected chi connectivity index (χ4v) is 1.36. The van der Waals surface area contributed by atoms with Crippen molar-refractivity contribution in [1.82, 2.24) is 0 Å². The molecule has 0 aliphatic heterocycles. The standard InChI is InChI=1S/C13H24O2S/c1-13(2,3)12(14)15-10-8-6-5-7-9-11-16-4/h7,9H,5-6,8,10-11H2,1-4H3/b9-7-. The van der Waals surface area contributed by atoms with Crippen LogP contribution >= 0.6 is 11.8 Å². The Morgan fingerprint density at radius 3 is 2.50 bits per heavy atom.